The Morgan fingerprint density at radius 3 is 2.40 bits per heavy atom. The molecule has 0 spiro atoms. The molecular formula is C12H16O3. The number of rotatable bonds is 2. The fourth-order valence-electron chi connectivity index (χ4n) is 2.33. The summed E-state index contributed by atoms with van der Waals surface area (Å²) in [6, 6.07) is 3.76. The van der Waals surface area contributed by atoms with Gasteiger partial charge in [0.25, 0.3) is 0 Å². The summed E-state index contributed by atoms with van der Waals surface area (Å²) in [5, 5.41) is 0. The van der Waals surface area contributed by atoms with E-state index in [0.717, 1.165) is 17.9 Å². The Balaban J connectivity index is 2.43. The molecule has 1 unspecified atom stereocenters. The standard InChI is InChI=1S/C12H16O3/c1-8-5-6-9(15-8)12(10(13)14-4)7-11(12,2)3/h5-6H,7H2,1-4H3. The van der Waals surface area contributed by atoms with Gasteiger partial charge in [0.2, 0.25) is 0 Å². The molecule has 0 radical (unpaired) electrons. The number of furan rings is 1. The maximum absolute atomic E-state index is 11.8. The molecule has 1 heterocycles. The third-order valence-corrected chi connectivity index (χ3v) is 3.43. The molecule has 1 aromatic rings. The Kier molecular flexibility index (Phi) is 1.97. The summed E-state index contributed by atoms with van der Waals surface area (Å²) in [4.78, 5) is 11.8. The lowest BCUT2D eigenvalue weighted by atomic mass is 9.93. The number of carbonyl (C=O) groups excluding carboxylic acids is 1. The monoisotopic (exact) mass is 208 g/mol. The third-order valence-electron chi connectivity index (χ3n) is 3.43. The van der Waals surface area contributed by atoms with Gasteiger partial charge in [-0.05, 0) is 30.9 Å². The summed E-state index contributed by atoms with van der Waals surface area (Å²) >= 11 is 0. The largest absolute Gasteiger partial charge is 0.468 e. The molecule has 0 aliphatic heterocycles. The molecule has 15 heavy (non-hydrogen) atoms. The first-order valence-corrected chi connectivity index (χ1v) is 5.09. The molecule has 3 nitrogen and oxygen atoms in total. The summed E-state index contributed by atoms with van der Waals surface area (Å²) < 4.78 is 10.4. The van der Waals surface area contributed by atoms with Crippen LogP contribution in [0.5, 0.6) is 0 Å². The van der Waals surface area contributed by atoms with Gasteiger partial charge in [0, 0.05) is 0 Å². The van der Waals surface area contributed by atoms with Gasteiger partial charge in [-0.15, -0.1) is 0 Å². The van der Waals surface area contributed by atoms with Crippen molar-refractivity contribution < 1.29 is 13.9 Å². The van der Waals surface area contributed by atoms with E-state index in [1.165, 1.54) is 7.11 Å². The lowest BCUT2D eigenvalue weighted by molar-refractivity contribution is -0.145. The second-order valence-electron chi connectivity index (χ2n) is 4.87. The first kappa shape index (κ1) is 10.3. The molecule has 0 bridgehead atoms. The number of hydrogen-bond acceptors (Lipinski definition) is 3. The van der Waals surface area contributed by atoms with Crippen LogP contribution in [0.25, 0.3) is 0 Å². The topological polar surface area (TPSA) is 39.4 Å². The van der Waals surface area contributed by atoms with Gasteiger partial charge in [-0.3, -0.25) is 4.79 Å². The van der Waals surface area contributed by atoms with Gasteiger partial charge in [-0.1, -0.05) is 13.8 Å². The number of esters is 1. The van der Waals surface area contributed by atoms with Gasteiger partial charge < -0.3 is 9.15 Å². The number of aryl methyl sites for hydroxylation is 1. The van der Waals surface area contributed by atoms with Crippen LogP contribution >= 0.6 is 0 Å². The van der Waals surface area contributed by atoms with Crippen LogP contribution < -0.4 is 0 Å². The van der Waals surface area contributed by atoms with Crippen LogP contribution in [0.15, 0.2) is 16.5 Å². The van der Waals surface area contributed by atoms with Crippen molar-refractivity contribution in [3.05, 3.63) is 23.7 Å². The fraction of sp³-hybridized carbons (Fsp3) is 0.583. The van der Waals surface area contributed by atoms with Crippen molar-refractivity contribution in [3.63, 3.8) is 0 Å². The summed E-state index contributed by atoms with van der Waals surface area (Å²) in [5.41, 5.74) is -0.625. The molecule has 0 aromatic carbocycles. The van der Waals surface area contributed by atoms with Crippen LogP contribution in [-0.2, 0) is 14.9 Å². The van der Waals surface area contributed by atoms with E-state index in [0.29, 0.717) is 0 Å². The van der Waals surface area contributed by atoms with E-state index in [2.05, 4.69) is 13.8 Å². The van der Waals surface area contributed by atoms with E-state index < -0.39 is 5.41 Å². The van der Waals surface area contributed by atoms with E-state index in [4.69, 9.17) is 9.15 Å². The van der Waals surface area contributed by atoms with Gasteiger partial charge in [0.1, 0.15) is 16.9 Å². The van der Waals surface area contributed by atoms with Gasteiger partial charge in [-0.2, -0.15) is 0 Å². The molecule has 1 atom stereocenters. The molecule has 0 N–H and O–H groups in total. The minimum absolute atomic E-state index is 0.0651. The molecule has 1 aliphatic rings. The van der Waals surface area contributed by atoms with Crippen LogP contribution in [0.2, 0.25) is 0 Å². The normalized spacial score (nSPS) is 27.5. The minimum atomic E-state index is -0.560. The highest BCUT2D eigenvalue weighted by Gasteiger charge is 2.70. The molecule has 2 rings (SSSR count). The van der Waals surface area contributed by atoms with E-state index in [9.17, 15) is 4.79 Å². The Hall–Kier alpha value is -1.25. The van der Waals surface area contributed by atoms with Gasteiger partial charge >= 0.3 is 5.97 Å². The van der Waals surface area contributed by atoms with E-state index >= 15 is 0 Å². The predicted molar refractivity (Wildman–Crippen MR) is 55.5 cm³/mol. The predicted octanol–water partition coefficient (Wildman–Crippen LogP) is 2.43. The van der Waals surface area contributed by atoms with Crippen LogP contribution in [0.1, 0.15) is 31.8 Å². The molecular weight excluding hydrogens is 192 g/mol. The third kappa shape index (κ3) is 1.22. The van der Waals surface area contributed by atoms with Crippen molar-refractivity contribution in [2.75, 3.05) is 7.11 Å². The van der Waals surface area contributed by atoms with E-state index in [-0.39, 0.29) is 11.4 Å². The van der Waals surface area contributed by atoms with Crippen LogP contribution in [0.3, 0.4) is 0 Å². The average Bonchev–Trinajstić information content (AvgIpc) is 2.56. The molecule has 1 fully saturated rings. The molecule has 82 valence electrons. The molecule has 3 heteroatoms. The van der Waals surface area contributed by atoms with Gasteiger partial charge in [0.15, 0.2) is 0 Å². The zero-order valence-electron chi connectivity index (χ0n) is 9.59. The molecule has 0 amide bonds. The lowest BCUT2D eigenvalue weighted by Gasteiger charge is -2.15. The van der Waals surface area contributed by atoms with Crippen molar-refractivity contribution in [3.8, 4) is 0 Å². The second kappa shape index (κ2) is 2.87. The summed E-state index contributed by atoms with van der Waals surface area (Å²) in [5.74, 6) is 1.37. The lowest BCUT2D eigenvalue weighted by Crippen LogP contribution is -2.26. The summed E-state index contributed by atoms with van der Waals surface area (Å²) in [6.07, 6.45) is 0.791. The van der Waals surface area contributed by atoms with Crippen LogP contribution in [0.4, 0.5) is 0 Å². The Labute approximate surface area is 89.4 Å². The van der Waals surface area contributed by atoms with E-state index in [1.807, 2.05) is 19.1 Å². The fourth-order valence-corrected chi connectivity index (χ4v) is 2.33. The molecule has 1 aliphatic carbocycles. The zero-order chi connectivity index (χ0) is 11.3. The number of ether oxygens (including phenoxy) is 1. The molecule has 1 aromatic heterocycles. The van der Waals surface area contributed by atoms with Gasteiger partial charge in [-0.25, -0.2) is 0 Å². The van der Waals surface area contributed by atoms with Crippen molar-refractivity contribution in [1.29, 1.82) is 0 Å². The van der Waals surface area contributed by atoms with E-state index in [1.54, 1.807) is 0 Å². The van der Waals surface area contributed by atoms with Crippen molar-refractivity contribution in [1.82, 2.24) is 0 Å². The number of methoxy groups -OCH3 is 1. The maximum Gasteiger partial charge on any atom is 0.320 e. The van der Waals surface area contributed by atoms with Crippen molar-refractivity contribution >= 4 is 5.97 Å². The van der Waals surface area contributed by atoms with Gasteiger partial charge in [0.05, 0.1) is 7.11 Å². The zero-order valence-corrected chi connectivity index (χ0v) is 9.59. The molecule has 1 saturated carbocycles. The highest BCUT2D eigenvalue weighted by atomic mass is 16.5. The second-order valence-corrected chi connectivity index (χ2v) is 4.87. The Morgan fingerprint density at radius 1 is 1.47 bits per heavy atom. The average molecular weight is 208 g/mol. The maximum atomic E-state index is 11.8. The highest BCUT2D eigenvalue weighted by molar-refractivity contribution is 5.87. The van der Waals surface area contributed by atoms with Crippen LogP contribution in [0, 0.1) is 12.3 Å². The van der Waals surface area contributed by atoms with Crippen LogP contribution in [-0.4, -0.2) is 13.1 Å². The number of carbonyl (C=O) groups is 1. The quantitative estimate of drug-likeness (QED) is 0.701. The van der Waals surface area contributed by atoms with Crippen molar-refractivity contribution in [2.45, 2.75) is 32.6 Å². The molecule has 0 saturated heterocycles. The first-order valence-electron chi connectivity index (χ1n) is 5.09. The van der Waals surface area contributed by atoms with Crippen molar-refractivity contribution in [2.24, 2.45) is 5.41 Å². The number of hydrogen-bond donors (Lipinski definition) is 0. The summed E-state index contributed by atoms with van der Waals surface area (Å²) in [7, 11) is 1.42. The SMILES string of the molecule is COC(=O)C1(c2ccc(C)o2)CC1(C)C. The summed E-state index contributed by atoms with van der Waals surface area (Å²) in [6.45, 7) is 5.99. The minimum Gasteiger partial charge on any atom is -0.468 e. The Bertz CT molecular complexity index is 403. The Morgan fingerprint density at radius 2 is 2.07 bits per heavy atom. The first-order chi connectivity index (χ1) is 6.94. The smallest absolute Gasteiger partial charge is 0.320 e. The highest BCUT2D eigenvalue weighted by Crippen LogP contribution is 2.65.